The van der Waals surface area contributed by atoms with E-state index < -0.39 is 19.4 Å². The van der Waals surface area contributed by atoms with E-state index in [-0.39, 0.29) is 12.2 Å². The van der Waals surface area contributed by atoms with Crippen molar-refractivity contribution in [3.05, 3.63) is 0 Å². The maximum absolute atomic E-state index is 12.3. The molecule has 0 fully saturated rings. The van der Waals surface area contributed by atoms with Gasteiger partial charge in [0.2, 0.25) is 0 Å². The van der Waals surface area contributed by atoms with Crippen LogP contribution < -0.4 is 0 Å². The zero-order valence-corrected chi connectivity index (χ0v) is 11.6. The zero-order valence-electron chi connectivity index (χ0n) is 10.7. The Morgan fingerprint density at radius 1 is 1.00 bits per heavy atom. The molecule has 0 aromatic heterocycles. The molecule has 0 aromatic rings. The molecule has 0 spiro atoms. The number of rotatable bonds is 6. The second-order valence-corrected chi connectivity index (χ2v) is 6.29. The molecule has 5 nitrogen and oxygen atoms in total. The van der Waals surface area contributed by atoms with Crippen LogP contribution in [0.3, 0.4) is 0 Å². The second kappa shape index (κ2) is 6.38. The van der Waals surface area contributed by atoms with Gasteiger partial charge in [-0.15, -0.1) is 0 Å². The van der Waals surface area contributed by atoms with E-state index in [0.29, 0.717) is 0 Å². The van der Waals surface area contributed by atoms with Gasteiger partial charge in [-0.2, -0.15) is 0 Å². The molecule has 96 valence electrons. The highest BCUT2D eigenvalue weighted by atomic mass is 31.2. The standard InChI is InChI=1S/C10H21O5P/c1-7(2)14-16(12,15-8(3)4)10(6)13-9(5)11/h7-8,10H,1-6H3. The lowest BCUT2D eigenvalue weighted by Crippen LogP contribution is -2.20. The molecule has 6 heteroatoms. The van der Waals surface area contributed by atoms with Gasteiger partial charge in [0.15, 0.2) is 5.85 Å². The highest BCUT2D eigenvalue weighted by Crippen LogP contribution is 2.55. The average molecular weight is 252 g/mol. The first-order valence-electron chi connectivity index (χ1n) is 5.31. The Morgan fingerprint density at radius 2 is 1.38 bits per heavy atom. The summed E-state index contributed by atoms with van der Waals surface area (Å²) in [7, 11) is -3.42. The highest BCUT2D eigenvalue weighted by Gasteiger charge is 2.37. The molecular formula is C10H21O5P. The van der Waals surface area contributed by atoms with Gasteiger partial charge in [-0.1, -0.05) is 0 Å². The van der Waals surface area contributed by atoms with Crippen LogP contribution >= 0.6 is 7.60 Å². The molecule has 0 saturated heterocycles. The maximum Gasteiger partial charge on any atom is 0.371 e. The SMILES string of the molecule is CC(=O)OC(C)P(=O)(OC(C)C)OC(C)C. The van der Waals surface area contributed by atoms with Gasteiger partial charge < -0.3 is 13.8 Å². The summed E-state index contributed by atoms with van der Waals surface area (Å²) in [5.74, 6) is -1.40. The van der Waals surface area contributed by atoms with Crippen LogP contribution in [0, 0.1) is 0 Å². The first-order chi connectivity index (χ1) is 7.17. The molecule has 0 aliphatic carbocycles. The van der Waals surface area contributed by atoms with Crippen LogP contribution in [0.2, 0.25) is 0 Å². The quantitative estimate of drug-likeness (QED) is 0.537. The predicted octanol–water partition coefficient (Wildman–Crippen LogP) is 2.94. The molecule has 0 rings (SSSR count). The number of hydrogen-bond acceptors (Lipinski definition) is 5. The molecule has 0 aliphatic heterocycles. The normalized spacial score (nSPS) is 14.2. The van der Waals surface area contributed by atoms with Crippen LogP contribution in [-0.2, 0) is 23.1 Å². The number of esters is 1. The molecule has 0 heterocycles. The average Bonchev–Trinajstić information content (AvgIpc) is 1.98. The highest BCUT2D eigenvalue weighted by molar-refractivity contribution is 7.54. The van der Waals surface area contributed by atoms with Crippen molar-refractivity contribution in [2.24, 2.45) is 0 Å². The van der Waals surface area contributed by atoms with Crippen molar-refractivity contribution in [2.75, 3.05) is 0 Å². The summed E-state index contributed by atoms with van der Waals surface area (Å²) >= 11 is 0. The van der Waals surface area contributed by atoms with Crippen molar-refractivity contribution >= 4 is 13.6 Å². The van der Waals surface area contributed by atoms with Gasteiger partial charge in [-0.05, 0) is 34.6 Å². The minimum Gasteiger partial charge on any atom is -0.450 e. The minimum atomic E-state index is -3.42. The number of hydrogen-bond donors (Lipinski definition) is 0. The lowest BCUT2D eigenvalue weighted by Gasteiger charge is -2.26. The fourth-order valence-electron chi connectivity index (χ4n) is 1.09. The van der Waals surface area contributed by atoms with Crippen molar-refractivity contribution in [2.45, 2.75) is 59.6 Å². The predicted molar refractivity (Wildman–Crippen MR) is 61.3 cm³/mol. The Labute approximate surface area is 97.0 Å². The van der Waals surface area contributed by atoms with Crippen LogP contribution in [0.5, 0.6) is 0 Å². The van der Waals surface area contributed by atoms with Gasteiger partial charge in [0.05, 0.1) is 12.2 Å². The van der Waals surface area contributed by atoms with E-state index in [4.69, 9.17) is 13.8 Å². The van der Waals surface area contributed by atoms with Crippen LogP contribution in [-0.4, -0.2) is 24.0 Å². The minimum absolute atomic E-state index is 0.261. The van der Waals surface area contributed by atoms with E-state index in [2.05, 4.69) is 0 Å². The third-order valence-electron chi connectivity index (χ3n) is 1.50. The summed E-state index contributed by atoms with van der Waals surface area (Å²) in [5, 5.41) is 0. The Morgan fingerprint density at radius 3 is 1.62 bits per heavy atom. The van der Waals surface area contributed by atoms with E-state index in [9.17, 15) is 9.36 Å². The van der Waals surface area contributed by atoms with E-state index >= 15 is 0 Å². The lowest BCUT2D eigenvalue weighted by molar-refractivity contribution is -0.143. The maximum atomic E-state index is 12.3. The van der Waals surface area contributed by atoms with E-state index in [1.54, 1.807) is 27.7 Å². The molecule has 1 atom stereocenters. The van der Waals surface area contributed by atoms with Gasteiger partial charge in [0.25, 0.3) is 0 Å². The van der Waals surface area contributed by atoms with Crippen LogP contribution in [0.4, 0.5) is 0 Å². The molecule has 0 aliphatic rings. The molecule has 16 heavy (non-hydrogen) atoms. The molecule has 0 amide bonds. The van der Waals surface area contributed by atoms with Crippen molar-refractivity contribution in [1.82, 2.24) is 0 Å². The lowest BCUT2D eigenvalue weighted by atomic mass is 10.5. The smallest absolute Gasteiger partial charge is 0.371 e. The number of carbonyl (C=O) groups is 1. The summed E-state index contributed by atoms with van der Waals surface area (Å²) < 4.78 is 27.7. The summed E-state index contributed by atoms with van der Waals surface area (Å²) in [6.45, 7) is 9.75. The number of ether oxygens (including phenoxy) is 1. The van der Waals surface area contributed by atoms with Crippen molar-refractivity contribution in [1.29, 1.82) is 0 Å². The Bertz CT molecular complexity index is 260. The third-order valence-corrected chi connectivity index (χ3v) is 3.92. The van der Waals surface area contributed by atoms with Crippen molar-refractivity contribution < 1.29 is 23.1 Å². The summed E-state index contributed by atoms with van der Waals surface area (Å²) in [5.41, 5.74) is 0. The summed E-state index contributed by atoms with van der Waals surface area (Å²) in [4.78, 5) is 10.8. The Hall–Kier alpha value is -0.380. The van der Waals surface area contributed by atoms with E-state index in [1.165, 1.54) is 13.8 Å². The topological polar surface area (TPSA) is 61.8 Å². The van der Waals surface area contributed by atoms with E-state index in [1.807, 2.05) is 0 Å². The monoisotopic (exact) mass is 252 g/mol. The molecular weight excluding hydrogens is 231 g/mol. The van der Waals surface area contributed by atoms with Gasteiger partial charge in [0, 0.05) is 6.92 Å². The van der Waals surface area contributed by atoms with Crippen molar-refractivity contribution in [3.63, 3.8) is 0 Å². The molecule has 0 aromatic carbocycles. The van der Waals surface area contributed by atoms with Gasteiger partial charge in [-0.3, -0.25) is 9.36 Å². The van der Waals surface area contributed by atoms with Crippen LogP contribution in [0.25, 0.3) is 0 Å². The van der Waals surface area contributed by atoms with Crippen LogP contribution in [0.1, 0.15) is 41.5 Å². The molecule has 1 unspecified atom stereocenters. The fraction of sp³-hybridized carbons (Fsp3) is 0.900. The molecule has 0 N–H and O–H groups in total. The Kier molecular flexibility index (Phi) is 6.23. The van der Waals surface area contributed by atoms with Crippen LogP contribution in [0.15, 0.2) is 0 Å². The molecule has 0 radical (unpaired) electrons. The first-order valence-corrected chi connectivity index (χ1v) is 6.92. The fourth-order valence-corrected chi connectivity index (χ4v) is 2.93. The molecule has 0 saturated carbocycles. The van der Waals surface area contributed by atoms with Gasteiger partial charge in [0.1, 0.15) is 0 Å². The second-order valence-electron chi connectivity index (χ2n) is 4.06. The Balaban J connectivity index is 4.76. The van der Waals surface area contributed by atoms with Crippen molar-refractivity contribution in [3.8, 4) is 0 Å². The number of carbonyl (C=O) groups excluding carboxylic acids is 1. The van der Waals surface area contributed by atoms with Gasteiger partial charge in [-0.25, -0.2) is 0 Å². The van der Waals surface area contributed by atoms with E-state index in [0.717, 1.165) is 0 Å². The largest absolute Gasteiger partial charge is 0.450 e. The first kappa shape index (κ1) is 15.6. The zero-order chi connectivity index (χ0) is 12.9. The van der Waals surface area contributed by atoms with Gasteiger partial charge >= 0.3 is 13.6 Å². The summed E-state index contributed by atoms with van der Waals surface area (Å²) in [6, 6.07) is 0. The molecule has 0 bridgehead atoms. The summed E-state index contributed by atoms with van der Waals surface area (Å²) in [6.07, 6.45) is -0.523. The third kappa shape index (κ3) is 5.64.